The topological polar surface area (TPSA) is 69.4 Å². The minimum Gasteiger partial charge on any atom is -0.450 e. The lowest BCUT2D eigenvalue weighted by Gasteiger charge is -2.26. The van der Waals surface area contributed by atoms with Gasteiger partial charge in [-0.05, 0) is 17.7 Å². The standard InChI is InChI=1S/C12H14BrNO4/c1-8(15)18-11(12(2,3)14(16)17)9-4-6-10(13)7-5-9/h4-7,11H,1-3H3/t11-/m1/s1. The summed E-state index contributed by atoms with van der Waals surface area (Å²) >= 11 is 3.28. The normalized spacial score (nSPS) is 12.9. The van der Waals surface area contributed by atoms with Crippen LogP contribution in [0.1, 0.15) is 32.4 Å². The molecular weight excluding hydrogens is 302 g/mol. The van der Waals surface area contributed by atoms with Gasteiger partial charge in [0.2, 0.25) is 0 Å². The first kappa shape index (κ1) is 14.6. The predicted molar refractivity (Wildman–Crippen MR) is 69.7 cm³/mol. The van der Waals surface area contributed by atoms with Crippen molar-refractivity contribution < 1.29 is 14.5 Å². The first-order valence-corrected chi connectivity index (χ1v) is 6.11. The second kappa shape index (κ2) is 5.48. The van der Waals surface area contributed by atoms with E-state index in [0.29, 0.717) is 5.56 Å². The lowest BCUT2D eigenvalue weighted by atomic mass is 9.92. The lowest BCUT2D eigenvalue weighted by molar-refractivity contribution is -0.574. The molecule has 1 atom stereocenters. The number of nitro groups is 1. The Labute approximate surface area is 113 Å². The van der Waals surface area contributed by atoms with Gasteiger partial charge in [-0.25, -0.2) is 0 Å². The molecule has 0 aliphatic carbocycles. The van der Waals surface area contributed by atoms with Crippen LogP contribution in [0.3, 0.4) is 0 Å². The number of carbonyl (C=O) groups excluding carboxylic acids is 1. The average molecular weight is 316 g/mol. The summed E-state index contributed by atoms with van der Waals surface area (Å²) in [7, 11) is 0. The highest BCUT2D eigenvalue weighted by Crippen LogP contribution is 2.32. The molecule has 6 heteroatoms. The van der Waals surface area contributed by atoms with Crippen LogP contribution in [0.15, 0.2) is 28.7 Å². The van der Waals surface area contributed by atoms with Crippen LogP contribution >= 0.6 is 15.9 Å². The zero-order valence-electron chi connectivity index (χ0n) is 10.3. The molecule has 0 spiro atoms. The summed E-state index contributed by atoms with van der Waals surface area (Å²) in [6, 6.07) is 6.90. The second-order valence-electron chi connectivity index (χ2n) is 4.45. The minimum absolute atomic E-state index is 0.442. The number of rotatable bonds is 4. The molecule has 98 valence electrons. The second-order valence-corrected chi connectivity index (χ2v) is 5.37. The Balaban J connectivity index is 3.17. The quantitative estimate of drug-likeness (QED) is 0.486. The third-order valence-electron chi connectivity index (χ3n) is 2.57. The van der Waals surface area contributed by atoms with Gasteiger partial charge < -0.3 is 4.74 Å². The van der Waals surface area contributed by atoms with Crippen molar-refractivity contribution >= 4 is 21.9 Å². The number of hydrogen-bond acceptors (Lipinski definition) is 4. The molecule has 1 rings (SSSR count). The van der Waals surface area contributed by atoms with E-state index in [1.165, 1.54) is 20.8 Å². The molecule has 0 radical (unpaired) electrons. The summed E-state index contributed by atoms with van der Waals surface area (Å²) in [6.45, 7) is 4.10. The molecule has 0 saturated carbocycles. The maximum Gasteiger partial charge on any atom is 0.303 e. The number of ether oxygens (including phenoxy) is 1. The average Bonchev–Trinajstić information content (AvgIpc) is 2.26. The van der Waals surface area contributed by atoms with Crippen molar-refractivity contribution in [3.63, 3.8) is 0 Å². The summed E-state index contributed by atoms with van der Waals surface area (Å²) in [4.78, 5) is 21.8. The first-order valence-electron chi connectivity index (χ1n) is 5.32. The Morgan fingerprint density at radius 1 is 1.39 bits per heavy atom. The fourth-order valence-corrected chi connectivity index (χ4v) is 1.78. The van der Waals surface area contributed by atoms with Gasteiger partial charge in [0.05, 0.1) is 0 Å². The van der Waals surface area contributed by atoms with Crippen LogP contribution in [0.2, 0.25) is 0 Å². The van der Waals surface area contributed by atoms with Gasteiger partial charge in [-0.15, -0.1) is 0 Å². The molecule has 1 aromatic rings. The van der Waals surface area contributed by atoms with Crippen molar-refractivity contribution in [3.05, 3.63) is 44.4 Å². The molecule has 18 heavy (non-hydrogen) atoms. The number of halogens is 1. The maximum atomic E-state index is 11.1. The van der Waals surface area contributed by atoms with Crippen LogP contribution in [0.4, 0.5) is 0 Å². The van der Waals surface area contributed by atoms with E-state index in [1.54, 1.807) is 24.3 Å². The van der Waals surface area contributed by atoms with E-state index in [9.17, 15) is 14.9 Å². The van der Waals surface area contributed by atoms with E-state index in [1.807, 2.05) is 0 Å². The van der Waals surface area contributed by atoms with Gasteiger partial charge in [0.25, 0.3) is 5.54 Å². The van der Waals surface area contributed by atoms with Crippen LogP contribution in [0, 0.1) is 10.1 Å². The molecule has 0 unspecified atom stereocenters. The zero-order valence-corrected chi connectivity index (χ0v) is 11.9. The maximum absolute atomic E-state index is 11.1. The molecule has 0 N–H and O–H groups in total. The van der Waals surface area contributed by atoms with Crippen molar-refractivity contribution in [1.82, 2.24) is 0 Å². The lowest BCUT2D eigenvalue weighted by Crippen LogP contribution is -2.40. The number of nitrogens with zero attached hydrogens (tertiary/aromatic N) is 1. The van der Waals surface area contributed by atoms with E-state index in [2.05, 4.69) is 15.9 Å². The Morgan fingerprint density at radius 3 is 2.28 bits per heavy atom. The Bertz CT molecular complexity index is 456. The SMILES string of the molecule is CC(=O)O[C@H](c1ccc(Br)cc1)C(C)(C)[N+](=O)[O-]. The third kappa shape index (κ3) is 3.29. The van der Waals surface area contributed by atoms with Gasteiger partial charge in [0.1, 0.15) is 0 Å². The van der Waals surface area contributed by atoms with E-state index in [4.69, 9.17) is 4.74 Å². The summed E-state index contributed by atoms with van der Waals surface area (Å²) < 4.78 is 5.96. The van der Waals surface area contributed by atoms with Gasteiger partial charge in [-0.2, -0.15) is 0 Å². The largest absolute Gasteiger partial charge is 0.450 e. The zero-order chi connectivity index (χ0) is 13.9. The van der Waals surface area contributed by atoms with Gasteiger partial charge in [0, 0.05) is 30.2 Å². The van der Waals surface area contributed by atoms with E-state index < -0.39 is 22.5 Å². The van der Waals surface area contributed by atoms with E-state index >= 15 is 0 Å². The van der Waals surface area contributed by atoms with E-state index in [0.717, 1.165) is 4.47 Å². The van der Waals surface area contributed by atoms with Crippen LogP contribution < -0.4 is 0 Å². The number of hydrogen-bond donors (Lipinski definition) is 0. The highest BCUT2D eigenvalue weighted by Gasteiger charge is 2.44. The fraction of sp³-hybridized carbons (Fsp3) is 0.417. The minimum atomic E-state index is -1.39. The van der Waals surface area contributed by atoms with Crippen molar-refractivity contribution in [2.24, 2.45) is 0 Å². The molecule has 0 aliphatic heterocycles. The molecular formula is C12H14BrNO4. The summed E-state index contributed by atoms with van der Waals surface area (Å²) in [5.41, 5.74) is -0.797. The molecule has 1 aromatic carbocycles. The van der Waals surface area contributed by atoms with Crippen LogP contribution in [-0.2, 0) is 9.53 Å². The van der Waals surface area contributed by atoms with Crippen molar-refractivity contribution in [3.8, 4) is 0 Å². The molecule has 0 aliphatic rings. The summed E-state index contributed by atoms with van der Waals surface area (Å²) in [6.07, 6.45) is -0.918. The molecule has 0 amide bonds. The fourth-order valence-electron chi connectivity index (χ4n) is 1.52. The molecule has 0 bridgehead atoms. The highest BCUT2D eigenvalue weighted by atomic mass is 79.9. The monoisotopic (exact) mass is 315 g/mol. The van der Waals surface area contributed by atoms with Crippen molar-refractivity contribution in [2.75, 3.05) is 0 Å². The summed E-state index contributed by atoms with van der Waals surface area (Å²) in [5, 5.41) is 11.1. The molecule has 5 nitrogen and oxygen atoms in total. The smallest absolute Gasteiger partial charge is 0.303 e. The number of carbonyl (C=O) groups is 1. The van der Waals surface area contributed by atoms with E-state index in [-0.39, 0.29) is 0 Å². The molecule has 0 saturated heterocycles. The van der Waals surface area contributed by atoms with Gasteiger partial charge in [0.15, 0.2) is 6.10 Å². The summed E-state index contributed by atoms with van der Waals surface area (Å²) in [5.74, 6) is -0.544. The third-order valence-corrected chi connectivity index (χ3v) is 3.10. The predicted octanol–water partition coefficient (Wildman–Crippen LogP) is 3.11. The van der Waals surface area contributed by atoms with Crippen LogP contribution in [0.5, 0.6) is 0 Å². The first-order chi connectivity index (χ1) is 8.25. The van der Waals surface area contributed by atoms with Crippen LogP contribution in [0.25, 0.3) is 0 Å². The Hall–Kier alpha value is -1.43. The van der Waals surface area contributed by atoms with Crippen molar-refractivity contribution in [2.45, 2.75) is 32.4 Å². The number of benzene rings is 1. The van der Waals surface area contributed by atoms with Gasteiger partial charge in [-0.1, -0.05) is 28.1 Å². The van der Waals surface area contributed by atoms with Crippen LogP contribution in [-0.4, -0.2) is 16.4 Å². The Morgan fingerprint density at radius 2 is 1.89 bits per heavy atom. The number of esters is 1. The van der Waals surface area contributed by atoms with Gasteiger partial charge >= 0.3 is 5.97 Å². The Kier molecular flexibility index (Phi) is 4.45. The highest BCUT2D eigenvalue weighted by molar-refractivity contribution is 9.10. The molecule has 0 aromatic heterocycles. The molecule has 0 heterocycles. The molecule has 0 fully saturated rings. The van der Waals surface area contributed by atoms with Crippen molar-refractivity contribution in [1.29, 1.82) is 0 Å². The van der Waals surface area contributed by atoms with Gasteiger partial charge in [-0.3, -0.25) is 14.9 Å².